The van der Waals surface area contributed by atoms with Gasteiger partial charge >= 0.3 is 0 Å². The number of carbonyl (C=O) groups excluding carboxylic acids is 1. The van der Waals surface area contributed by atoms with Crippen LogP contribution in [-0.2, 0) is 6.42 Å². The molecule has 1 heterocycles. The molecule has 1 unspecified atom stereocenters. The van der Waals surface area contributed by atoms with Crippen LogP contribution in [0.5, 0.6) is 0 Å². The SMILES string of the molecule is CCCc1nnsc1C(=O)CC(C)CC. The molecule has 0 aliphatic rings. The van der Waals surface area contributed by atoms with E-state index in [0.29, 0.717) is 12.3 Å². The molecule has 0 aromatic carbocycles. The van der Waals surface area contributed by atoms with Crippen LogP contribution in [-0.4, -0.2) is 15.4 Å². The molecule has 0 bridgehead atoms. The molecule has 1 aromatic rings. The van der Waals surface area contributed by atoms with Gasteiger partial charge in [-0.05, 0) is 23.9 Å². The monoisotopic (exact) mass is 226 g/mol. The number of nitrogens with zero attached hydrogens (tertiary/aromatic N) is 2. The van der Waals surface area contributed by atoms with Crippen LogP contribution in [0.3, 0.4) is 0 Å². The van der Waals surface area contributed by atoms with Gasteiger partial charge in [0.05, 0.1) is 5.69 Å². The fraction of sp³-hybridized carbons (Fsp3) is 0.727. The molecule has 4 heteroatoms. The zero-order valence-corrected chi connectivity index (χ0v) is 10.4. The molecular formula is C11H18N2OS. The summed E-state index contributed by atoms with van der Waals surface area (Å²) in [6.45, 7) is 6.30. The van der Waals surface area contributed by atoms with Gasteiger partial charge in [-0.15, -0.1) is 5.10 Å². The number of hydrogen-bond donors (Lipinski definition) is 0. The number of rotatable bonds is 6. The van der Waals surface area contributed by atoms with Crippen LogP contribution in [0.15, 0.2) is 0 Å². The Morgan fingerprint density at radius 3 is 2.80 bits per heavy atom. The Balaban J connectivity index is 2.68. The second kappa shape index (κ2) is 5.95. The van der Waals surface area contributed by atoms with E-state index in [-0.39, 0.29) is 5.78 Å². The fourth-order valence-electron chi connectivity index (χ4n) is 1.37. The minimum atomic E-state index is 0.211. The molecule has 0 spiro atoms. The molecule has 3 nitrogen and oxygen atoms in total. The van der Waals surface area contributed by atoms with E-state index in [1.165, 1.54) is 11.5 Å². The zero-order chi connectivity index (χ0) is 11.3. The highest BCUT2D eigenvalue weighted by atomic mass is 32.1. The summed E-state index contributed by atoms with van der Waals surface area (Å²) in [7, 11) is 0. The quantitative estimate of drug-likeness (QED) is 0.700. The fourth-order valence-corrected chi connectivity index (χ4v) is 2.03. The van der Waals surface area contributed by atoms with Gasteiger partial charge in [-0.25, -0.2) is 0 Å². The van der Waals surface area contributed by atoms with Crippen molar-refractivity contribution in [3.8, 4) is 0 Å². The van der Waals surface area contributed by atoms with E-state index >= 15 is 0 Å². The minimum absolute atomic E-state index is 0.211. The molecule has 0 amide bonds. The number of ketones is 1. The number of hydrogen-bond acceptors (Lipinski definition) is 4. The van der Waals surface area contributed by atoms with E-state index in [0.717, 1.165) is 29.8 Å². The smallest absolute Gasteiger partial charge is 0.176 e. The van der Waals surface area contributed by atoms with Crippen molar-refractivity contribution in [1.82, 2.24) is 9.59 Å². The Labute approximate surface area is 95.1 Å². The Hall–Kier alpha value is -0.770. The molecule has 15 heavy (non-hydrogen) atoms. The third-order valence-corrected chi connectivity index (χ3v) is 3.34. The first-order valence-corrected chi connectivity index (χ1v) is 6.30. The highest BCUT2D eigenvalue weighted by Gasteiger charge is 2.17. The van der Waals surface area contributed by atoms with E-state index in [9.17, 15) is 4.79 Å². The van der Waals surface area contributed by atoms with Gasteiger partial charge < -0.3 is 0 Å². The first kappa shape index (κ1) is 12.3. The molecular weight excluding hydrogens is 208 g/mol. The third kappa shape index (κ3) is 3.38. The lowest BCUT2D eigenvalue weighted by Gasteiger charge is -2.05. The first-order valence-electron chi connectivity index (χ1n) is 5.53. The summed E-state index contributed by atoms with van der Waals surface area (Å²) < 4.78 is 3.87. The van der Waals surface area contributed by atoms with Gasteiger partial charge in [-0.3, -0.25) is 4.79 Å². The predicted molar refractivity (Wildman–Crippen MR) is 62.3 cm³/mol. The lowest BCUT2D eigenvalue weighted by Crippen LogP contribution is -2.06. The summed E-state index contributed by atoms with van der Waals surface area (Å²) in [5.41, 5.74) is 0.885. The van der Waals surface area contributed by atoms with Crippen LogP contribution in [0.25, 0.3) is 0 Å². The standard InChI is InChI=1S/C11H18N2OS/c1-4-6-9-11(15-13-12-9)10(14)7-8(3)5-2/h8H,4-7H2,1-3H3. The van der Waals surface area contributed by atoms with Crippen molar-refractivity contribution >= 4 is 17.3 Å². The Kier molecular flexibility index (Phi) is 4.88. The molecule has 84 valence electrons. The normalized spacial score (nSPS) is 12.7. The third-order valence-electron chi connectivity index (χ3n) is 2.53. The minimum Gasteiger partial charge on any atom is -0.293 e. The molecule has 0 radical (unpaired) electrons. The van der Waals surface area contributed by atoms with Crippen molar-refractivity contribution < 1.29 is 4.79 Å². The topological polar surface area (TPSA) is 42.9 Å². The molecule has 1 rings (SSSR count). The van der Waals surface area contributed by atoms with Crippen molar-refractivity contribution in [1.29, 1.82) is 0 Å². The highest BCUT2D eigenvalue weighted by molar-refractivity contribution is 7.08. The zero-order valence-electron chi connectivity index (χ0n) is 9.62. The Bertz CT molecular complexity index is 322. The molecule has 1 aromatic heterocycles. The van der Waals surface area contributed by atoms with Crippen molar-refractivity contribution in [2.45, 2.75) is 46.5 Å². The average molecular weight is 226 g/mol. The van der Waals surface area contributed by atoms with E-state index < -0.39 is 0 Å². The Morgan fingerprint density at radius 1 is 1.47 bits per heavy atom. The summed E-state index contributed by atoms with van der Waals surface area (Å²) >= 11 is 1.24. The van der Waals surface area contributed by atoms with Crippen LogP contribution in [0.2, 0.25) is 0 Å². The van der Waals surface area contributed by atoms with Crippen molar-refractivity contribution in [3.05, 3.63) is 10.6 Å². The van der Waals surface area contributed by atoms with E-state index in [1.807, 2.05) is 0 Å². The second-order valence-corrected chi connectivity index (χ2v) is 4.69. The van der Waals surface area contributed by atoms with Crippen molar-refractivity contribution in [2.75, 3.05) is 0 Å². The van der Waals surface area contributed by atoms with Gasteiger partial charge in [0.15, 0.2) is 5.78 Å². The molecule has 0 aliphatic heterocycles. The second-order valence-electron chi connectivity index (χ2n) is 3.94. The van der Waals surface area contributed by atoms with E-state index in [1.54, 1.807) is 0 Å². The summed E-state index contributed by atoms with van der Waals surface area (Å²) in [6, 6.07) is 0. The molecule has 1 atom stereocenters. The summed E-state index contributed by atoms with van der Waals surface area (Å²) in [4.78, 5) is 12.7. The van der Waals surface area contributed by atoms with Gasteiger partial charge in [0.25, 0.3) is 0 Å². The number of Topliss-reactive ketones (excluding diaryl/α,β-unsaturated/α-hetero) is 1. The van der Waals surface area contributed by atoms with E-state index in [2.05, 4.69) is 30.4 Å². The average Bonchev–Trinajstić information content (AvgIpc) is 2.66. The van der Waals surface area contributed by atoms with Gasteiger partial charge in [0.2, 0.25) is 0 Å². The highest BCUT2D eigenvalue weighted by Crippen LogP contribution is 2.18. The lowest BCUT2D eigenvalue weighted by molar-refractivity contribution is 0.0966. The lowest BCUT2D eigenvalue weighted by atomic mass is 10.0. The molecule has 0 saturated heterocycles. The van der Waals surface area contributed by atoms with Gasteiger partial charge in [0, 0.05) is 6.42 Å². The number of aryl methyl sites for hydroxylation is 1. The van der Waals surface area contributed by atoms with Crippen molar-refractivity contribution in [2.24, 2.45) is 5.92 Å². The van der Waals surface area contributed by atoms with Crippen LogP contribution >= 0.6 is 11.5 Å². The number of aromatic nitrogens is 2. The van der Waals surface area contributed by atoms with Gasteiger partial charge in [-0.1, -0.05) is 38.1 Å². The van der Waals surface area contributed by atoms with Crippen LogP contribution in [0, 0.1) is 5.92 Å². The summed E-state index contributed by atoms with van der Waals surface area (Å²) in [6.07, 6.45) is 3.53. The molecule has 0 saturated carbocycles. The molecule has 0 aliphatic carbocycles. The van der Waals surface area contributed by atoms with Crippen LogP contribution in [0.4, 0.5) is 0 Å². The summed E-state index contributed by atoms with van der Waals surface area (Å²) in [5, 5.41) is 4.01. The maximum absolute atomic E-state index is 11.9. The largest absolute Gasteiger partial charge is 0.293 e. The predicted octanol–water partition coefficient (Wildman–Crippen LogP) is 3.11. The summed E-state index contributed by atoms with van der Waals surface area (Å²) in [5.74, 6) is 0.664. The maximum atomic E-state index is 11.9. The first-order chi connectivity index (χ1) is 7.19. The van der Waals surface area contributed by atoms with Crippen LogP contribution in [0.1, 0.15) is 55.4 Å². The molecule has 0 fully saturated rings. The van der Waals surface area contributed by atoms with E-state index in [4.69, 9.17) is 0 Å². The van der Waals surface area contributed by atoms with Crippen LogP contribution < -0.4 is 0 Å². The maximum Gasteiger partial charge on any atom is 0.176 e. The Morgan fingerprint density at radius 2 is 2.20 bits per heavy atom. The number of carbonyl (C=O) groups is 1. The van der Waals surface area contributed by atoms with Crippen molar-refractivity contribution in [3.63, 3.8) is 0 Å². The van der Waals surface area contributed by atoms with Gasteiger partial charge in [-0.2, -0.15) is 0 Å². The molecule has 0 N–H and O–H groups in total. The van der Waals surface area contributed by atoms with Gasteiger partial charge in [0.1, 0.15) is 4.88 Å².